The molecule has 30 heavy (non-hydrogen) atoms. The van der Waals surface area contributed by atoms with Crippen molar-refractivity contribution < 1.29 is 14.6 Å². The van der Waals surface area contributed by atoms with Gasteiger partial charge in [0.05, 0.1) is 12.1 Å². The predicted molar refractivity (Wildman–Crippen MR) is 124 cm³/mol. The van der Waals surface area contributed by atoms with Crippen LogP contribution in [-0.4, -0.2) is 34.9 Å². The number of benzene rings is 3. The molecule has 3 aromatic rings. The highest BCUT2D eigenvalue weighted by molar-refractivity contribution is 7.99. The SMILES string of the molecule is O=C(N[C@H](CSc1ccccc1)C(O)CSc1ccccc1)OCc1ccccc1. The Kier molecular flexibility index (Phi) is 9.15. The van der Waals surface area contributed by atoms with Crippen molar-refractivity contribution in [3.63, 3.8) is 0 Å². The molecule has 4 nitrogen and oxygen atoms in total. The minimum absolute atomic E-state index is 0.195. The zero-order chi connectivity index (χ0) is 21.0. The molecule has 3 rings (SSSR count). The molecule has 0 aromatic heterocycles. The van der Waals surface area contributed by atoms with Crippen molar-refractivity contribution in [2.45, 2.75) is 28.5 Å². The Morgan fingerprint density at radius 3 is 1.87 bits per heavy atom. The van der Waals surface area contributed by atoms with Gasteiger partial charge in [-0.15, -0.1) is 23.5 Å². The number of hydrogen-bond donors (Lipinski definition) is 2. The van der Waals surface area contributed by atoms with Crippen LogP contribution in [-0.2, 0) is 11.3 Å². The fraction of sp³-hybridized carbons (Fsp3) is 0.208. The van der Waals surface area contributed by atoms with Crippen LogP contribution >= 0.6 is 23.5 Å². The number of carbonyl (C=O) groups excluding carboxylic acids is 1. The Morgan fingerprint density at radius 2 is 1.30 bits per heavy atom. The first-order valence-electron chi connectivity index (χ1n) is 9.71. The summed E-state index contributed by atoms with van der Waals surface area (Å²) < 4.78 is 5.35. The average molecular weight is 440 g/mol. The molecule has 2 atom stereocenters. The maximum absolute atomic E-state index is 12.4. The third kappa shape index (κ3) is 7.78. The largest absolute Gasteiger partial charge is 0.445 e. The third-order valence-electron chi connectivity index (χ3n) is 4.32. The highest BCUT2D eigenvalue weighted by atomic mass is 32.2. The summed E-state index contributed by atoms with van der Waals surface area (Å²) in [6, 6.07) is 28.9. The molecule has 0 radical (unpaired) electrons. The quantitative estimate of drug-likeness (QED) is 0.424. The third-order valence-corrected chi connectivity index (χ3v) is 6.56. The maximum atomic E-state index is 12.4. The molecule has 0 fully saturated rings. The first-order valence-corrected chi connectivity index (χ1v) is 11.7. The van der Waals surface area contributed by atoms with Gasteiger partial charge in [0.2, 0.25) is 0 Å². The van der Waals surface area contributed by atoms with Gasteiger partial charge in [0.15, 0.2) is 0 Å². The Bertz CT molecular complexity index is 879. The van der Waals surface area contributed by atoms with Gasteiger partial charge in [0.25, 0.3) is 0 Å². The van der Waals surface area contributed by atoms with Gasteiger partial charge >= 0.3 is 6.09 Å². The molecule has 0 bridgehead atoms. The molecule has 156 valence electrons. The van der Waals surface area contributed by atoms with E-state index in [1.807, 2.05) is 91.0 Å². The molecule has 0 aliphatic heterocycles. The summed E-state index contributed by atoms with van der Waals surface area (Å²) >= 11 is 3.16. The molecule has 0 spiro atoms. The number of thioether (sulfide) groups is 2. The lowest BCUT2D eigenvalue weighted by atomic mass is 10.2. The van der Waals surface area contributed by atoms with E-state index in [0.29, 0.717) is 11.5 Å². The van der Waals surface area contributed by atoms with E-state index in [-0.39, 0.29) is 6.61 Å². The summed E-state index contributed by atoms with van der Waals surface area (Å²) in [7, 11) is 0. The van der Waals surface area contributed by atoms with Crippen LogP contribution in [0.2, 0.25) is 0 Å². The summed E-state index contributed by atoms with van der Waals surface area (Å²) in [6.45, 7) is 0.195. The smallest absolute Gasteiger partial charge is 0.407 e. The lowest BCUT2D eigenvalue weighted by molar-refractivity contribution is 0.116. The number of aliphatic hydroxyl groups excluding tert-OH is 1. The van der Waals surface area contributed by atoms with Gasteiger partial charge in [-0.2, -0.15) is 0 Å². The van der Waals surface area contributed by atoms with Crippen molar-refractivity contribution in [2.75, 3.05) is 11.5 Å². The molecular weight excluding hydrogens is 414 g/mol. The fourth-order valence-corrected chi connectivity index (χ4v) is 4.65. The van der Waals surface area contributed by atoms with E-state index >= 15 is 0 Å². The van der Waals surface area contributed by atoms with Crippen LogP contribution in [0.5, 0.6) is 0 Å². The first kappa shape index (κ1) is 22.3. The Morgan fingerprint density at radius 1 is 0.800 bits per heavy atom. The molecule has 0 aliphatic rings. The van der Waals surface area contributed by atoms with Crippen LogP contribution < -0.4 is 5.32 Å². The molecule has 0 aliphatic carbocycles. The van der Waals surface area contributed by atoms with Crippen LogP contribution in [0.3, 0.4) is 0 Å². The predicted octanol–water partition coefficient (Wildman–Crippen LogP) is 5.23. The molecule has 0 saturated carbocycles. The van der Waals surface area contributed by atoms with Crippen LogP contribution in [0.25, 0.3) is 0 Å². The zero-order valence-electron chi connectivity index (χ0n) is 16.5. The summed E-state index contributed by atoms with van der Waals surface area (Å²) in [6.07, 6.45) is -1.24. The number of hydrogen-bond acceptors (Lipinski definition) is 5. The minimum Gasteiger partial charge on any atom is -0.445 e. The van der Waals surface area contributed by atoms with Gasteiger partial charge in [-0.25, -0.2) is 4.79 Å². The second-order valence-corrected chi connectivity index (χ2v) is 8.81. The average Bonchev–Trinajstić information content (AvgIpc) is 2.81. The second-order valence-electron chi connectivity index (χ2n) is 6.63. The zero-order valence-corrected chi connectivity index (χ0v) is 18.1. The van der Waals surface area contributed by atoms with Gasteiger partial charge in [-0.05, 0) is 29.8 Å². The van der Waals surface area contributed by atoms with Crippen molar-refractivity contribution in [3.05, 3.63) is 96.6 Å². The fourth-order valence-electron chi connectivity index (χ4n) is 2.68. The van der Waals surface area contributed by atoms with E-state index in [9.17, 15) is 9.90 Å². The second kappa shape index (κ2) is 12.3. The molecule has 2 N–H and O–H groups in total. The number of nitrogens with one attached hydrogen (secondary N) is 1. The molecule has 1 unspecified atom stereocenters. The van der Waals surface area contributed by atoms with E-state index in [2.05, 4.69) is 5.32 Å². The number of alkyl carbamates (subject to hydrolysis) is 1. The Balaban J connectivity index is 1.56. The van der Waals surface area contributed by atoms with Crippen LogP contribution in [0.15, 0.2) is 101 Å². The molecule has 3 aromatic carbocycles. The standard InChI is InChI=1S/C24H25NO3S2/c26-23(18-30-21-14-8-3-9-15-21)22(17-29-20-12-6-2-7-13-20)25-24(27)28-16-19-10-4-1-5-11-19/h1-15,22-23,26H,16-18H2,(H,25,27)/t22-,23?/m1/s1. The number of carbonyl (C=O) groups is 1. The summed E-state index contributed by atoms with van der Waals surface area (Å²) in [5.41, 5.74) is 0.919. The van der Waals surface area contributed by atoms with Crippen LogP contribution in [0.1, 0.15) is 5.56 Å². The van der Waals surface area contributed by atoms with E-state index < -0.39 is 18.2 Å². The van der Waals surface area contributed by atoms with Crippen molar-refractivity contribution >= 4 is 29.6 Å². The van der Waals surface area contributed by atoms with Crippen molar-refractivity contribution in [2.24, 2.45) is 0 Å². The highest BCUT2D eigenvalue weighted by Crippen LogP contribution is 2.22. The first-order chi connectivity index (χ1) is 14.7. The van der Waals surface area contributed by atoms with Crippen molar-refractivity contribution in [1.29, 1.82) is 0 Å². The van der Waals surface area contributed by atoms with Gasteiger partial charge < -0.3 is 15.2 Å². The highest BCUT2D eigenvalue weighted by Gasteiger charge is 2.22. The van der Waals surface area contributed by atoms with E-state index in [0.717, 1.165) is 15.4 Å². The monoisotopic (exact) mass is 439 g/mol. The molecular formula is C24H25NO3S2. The molecule has 6 heteroatoms. The number of aliphatic hydroxyl groups is 1. The molecule has 1 amide bonds. The normalized spacial score (nSPS) is 12.7. The number of rotatable bonds is 10. The van der Waals surface area contributed by atoms with Gasteiger partial charge in [0.1, 0.15) is 6.61 Å². The minimum atomic E-state index is -0.712. The Hall–Kier alpha value is -2.41. The van der Waals surface area contributed by atoms with Crippen molar-refractivity contribution in [1.82, 2.24) is 5.32 Å². The number of ether oxygens (including phenoxy) is 1. The summed E-state index contributed by atoms with van der Waals surface area (Å²) in [5.74, 6) is 1.02. The lowest BCUT2D eigenvalue weighted by Crippen LogP contribution is -2.46. The Labute approximate surface area is 186 Å². The van der Waals surface area contributed by atoms with Crippen molar-refractivity contribution in [3.8, 4) is 0 Å². The maximum Gasteiger partial charge on any atom is 0.407 e. The van der Waals surface area contributed by atoms with Gasteiger partial charge in [-0.1, -0.05) is 66.7 Å². The van der Waals surface area contributed by atoms with Gasteiger partial charge in [0, 0.05) is 21.3 Å². The van der Waals surface area contributed by atoms with Crippen LogP contribution in [0, 0.1) is 0 Å². The number of amides is 1. The summed E-state index contributed by atoms with van der Waals surface area (Å²) in [4.78, 5) is 14.5. The molecule has 0 saturated heterocycles. The van der Waals surface area contributed by atoms with E-state index in [4.69, 9.17) is 4.74 Å². The summed E-state index contributed by atoms with van der Waals surface area (Å²) in [5, 5.41) is 13.6. The van der Waals surface area contributed by atoms with Gasteiger partial charge in [-0.3, -0.25) is 0 Å². The van der Waals surface area contributed by atoms with E-state index in [1.165, 1.54) is 0 Å². The molecule has 0 heterocycles. The lowest BCUT2D eigenvalue weighted by Gasteiger charge is -2.23. The topological polar surface area (TPSA) is 58.6 Å². The van der Waals surface area contributed by atoms with Crippen LogP contribution in [0.4, 0.5) is 4.79 Å². The van der Waals surface area contributed by atoms with E-state index in [1.54, 1.807) is 23.5 Å².